The van der Waals surface area contributed by atoms with Gasteiger partial charge in [-0.1, -0.05) is 121 Å². The summed E-state index contributed by atoms with van der Waals surface area (Å²) in [7, 11) is 0. The number of hydrogen-bond donors (Lipinski definition) is 2. The van der Waals surface area contributed by atoms with Gasteiger partial charge in [0.1, 0.15) is 0 Å². The lowest BCUT2D eigenvalue weighted by atomic mass is 9.62. The standard InChI is InChI=1S/C50H84N8O4/c1-49(2)34-42(52-46(60)58(44-32-20-9-21-33-44)48(54-39-24-12-5-13-25-39)62-56-41-28-16-7-17-29-41)35-50(3,36-49)37-51-45(59)57(43-30-18-8-19-31-43)47(53-38-22-10-4-11-23-38)61-55-40-26-14-6-15-27-40/h38-39,42-44H,4-37H2,1-3H3,(H,51,59)(H,52,60)/b53-47-,54-48-. The molecule has 0 heterocycles. The quantitative estimate of drug-likeness (QED) is 0.136. The molecule has 7 rings (SSSR count). The van der Waals surface area contributed by atoms with Crippen molar-refractivity contribution in [1.29, 1.82) is 0 Å². The zero-order valence-corrected chi connectivity index (χ0v) is 39.2. The van der Waals surface area contributed by atoms with E-state index in [0.717, 1.165) is 185 Å². The lowest BCUT2D eigenvalue weighted by molar-refractivity contribution is 0.0696. The fraction of sp³-hybridized carbons (Fsp3) is 0.880. The average molecular weight is 861 g/mol. The minimum atomic E-state index is -0.254. The van der Waals surface area contributed by atoms with Gasteiger partial charge in [0.25, 0.3) is 0 Å². The molecule has 0 aromatic carbocycles. The number of aliphatic imine (C=N–C) groups is 2. The Kier molecular flexibility index (Phi) is 17.5. The summed E-state index contributed by atoms with van der Waals surface area (Å²) in [5.41, 5.74) is 1.86. The van der Waals surface area contributed by atoms with Gasteiger partial charge in [-0.25, -0.2) is 29.4 Å². The summed E-state index contributed by atoms with van der Waals surface area (Å²) in [5.74, 6) is 0. The average Bonchev–Trinajstić information content (AvgIpc) is 3.28. The Morgan fingerprint density at radius 2 is 0.952 bits per heavy atom. The number of rotatable bonds is 9. The van der Waals surface area contributed by atoms with Gasteiger partial charge in [0, 0.05) is 24.7 Å². The third-order valence-corrected chi connectivity index (χ3v) is 15.3. The van der Waals surface area contributed by atoms with Crippen molar-refractivity contribution < 1.29 is 19.3 Å². The number of nitrogens with zero attached hydrogens (tertiary/aromatic N) is 6. The molecule has 62 heavy (non-hydrogen) atoms. The van der Waals surface area contributed by atoms with Gasteiger partial charge in [-0.3, -0.25) is 0 Å². The van der Waals surface area contributed by atoms with E-state index >= 15 is 0 Å². The Balaban J connectivity index is 1.09. The zero-order valence-electron chi connectivity index (χ0n) is 39.2. The van der Waals surface area contributed by atoms with Crippen LogP contribution in [0.4, 0.5) is 9.59 Å². The summed E-state index contributed by atoms with van der Waals surface area (Å²) >= 11 is 0. The van der Waals surface area contributed by atoms with Crippen molar-refractivity contribution in [2.75, 3.05) is 6.54 Å². The van der Waals surface area contributed by atoms with Crippen LogP contribution in [0.5, 0.6) is 0 Å². The molecule has 348 valence electrons. The molecule has 0 aromatic heterocycles. The van der Waals surface area contributed by atoms with E-state index in [0.29, 0.717) is 18.6 Å². The van der Waals surface area contributed by atoms with Gasteiger partial charge in [0.2, 0.25) is 0 Å². The number of amides is 4. The maximum atomic E-state index is 14.9. The van der Waals surface area contributed by atoms with Crippen molar-refractivity contribution in [2.24, 2.45) is 31.1 Å². The van der Waals surface area contributed by atoms with Gasteiger partial charge in [-0.2, -0.15) is 0 Å². The number of amidine groups is 2. The van der Waals surface area contributed by atoms with Crippen LogP contribution in [0.25, 0.3) is 0 Å². The summed E-state index contributed by atoms with van der Waals surface area (Å²) in [6.07, 6.45) is 35.1. The fourth-order valence-corrected chi connectivity index (χ4v) is 12.3. The number of carbonyl (C=O) groups excluding carboxylic acids is 2. The van der Waals surface area contributed by atoms with E-state index in [1.165, 1.54) is 38.5 Å². The van der Waals surface area contributed by atoms with E-state index < -0.39 is 0 Å². The van der Waals surface area contributed by atoms with Gasteiger partial charge in [0.15, 0.2) is 0 Å². The number of hydrogen-bond acceptors (Lipinski definition) is 8. The van der Waals surface area contributed by atoms with Crippen molar-refractivity contribution in [3.05, 3.63) is 0 Å². The second-order valence-corrected chi connectivity index (χ2v) is 21.7. The van der Waals surface area contributed by atoms with Crippen LogP contribution in [-0.4, -0.2) is 82.1 Å². The fourth-order valence-electron chi connectivity index (χ4n) is 12.3. The van der Waals surface area contributed by atoms with Gasteiger partial charge in [-0.15, -0.1) is 0 Å². The molecule has 7 aliphatic carbocycles. The molecule has 0 spiro atoms. The van der Waals surface area contributed by atoms with Crippen LogP contribution < -0.4 is 10.6 Å². The third-order valence-electron chi connectivity index (χ3n) is 15.3. The van der Waals surface area contributed by atoms with Crippen LogP contribution in [0.1, 0.15) is 233 Å². The molecule has 0 saturated heterocycles. The van der Waals surface area contributed by atoms with E-state index in [-0.39, 0.29) is 53.1 Å². The smallest absolute Gasteiger partial charge is 0.326 e. The van der Waals surface area contributed by atoms with E-state index in [4.69, 9.17) is 30.0 Å². The number of nitrogens with one attached hydrogen (secondary N) is 2. The predicted molar refractivity (Wildman–Crippen MR) is 251 cm³/mol. The van der Waals surface area contributed by atoms with Crippen LogP contribution >= 0.6 is 0 Å². The highest BCUT2D eigenvalue weighted by molar-refractivity contribution is 5.95. The maximum Gasteiger partial charge on any atom is 0.326 e. The SMILES string of the molecule is CC1(C)CC(NC(=O)N(/C(=N/C2CCCCC2)ON=C2CCCCC2)C2CCCCC2)CC(C)(CNC(=O)N(/C(=N/C2CCCCC2)ON=C2CCCCC2)C2CCCCC2)C1. The zero-order chi connectivity index (χ0) is 43.2. The molecule has 2 N–H and O–H groups in total. The summed E-state index contributed by atoms with van der Waals surface area (Å²) in [6.45, 7) is 7.41. The highest BCUT2D eigenvalue weighted by Gasteiger charge is 2.44. The van der Waals surface area contributed by atoms with Crippen LogP contribution in [-0.2, 0) is 9.68 Å². The first-order valence-electron chi connectivity index (χ1n) is 25.9. The summed E-state index contributed by atoms with van der Waals surface area (Å²) in [4.78, 5) is 56.6. The van der Waals surface area contributed by atoms with Crippen molar-refractivity contribution in [1.82, 2.24) is 20.4 Å². The Bertz CT molecular complexity index is 1550. The largest absolute Gasteiger partial charge is 0.337 e. The number of oxime groups is 2. The minimum Gasteiger partial charge on any atom is -0.337 e. The molecule has 12 nitrogen and oxygen atoms in total. The topological polar surface area (TPSA) is 133 Å². The second-order valence-electron chi connectivity index (χ2n) is 21.7. The molecule has 4 amide bonds. The molecular formula is C50H84N8O4. The van der Waals surface area contributed by atoms with Crippen molar-refractivity contribution in [3.63, 3.8) is 0 Å². The Hall–Kier alpha value is -3.18. The summed E-state index contributed by atoms with van der Waals surface area (Å²) in [6, 6.07) is 0.816. The molecule has 7 aliphatic rings. The molecule has 0 aliphatic heterocycles. The van der Waals surface area contributed by atoms with Crippen molar-refractivity contribution in [2.45, 2.75) is 263 Å². The van der Waals surface area contributed by atoms with E-state index in [9.17, 15) is 9.59 Å². The molecule has 7 fully saturated rings. The Labute approximate surface area is 374 Å². The molecule has 7 saturated carbocycles. The van der Waals surface area contributed by atoms with Crippen molar-refractivity contribution >= 4 is 35.5 Å². The summed E-state index contributed by atoms with van der Waals surface area (Å²) < 4.78 is 0. The first-order valence-corrected chi connectivity index (χ1v) is 25.9. The van der Waals surface area contributed by atoms with Gasteiger partial charge in [-0.05, 0) is 133 Å². The first kappa shape index (κ1) is 46.8. The summed E-state index contributed by atoms with van der Waals surface area (Å²) in [5, 5.41) is 16.4. The first-order chi connectivity index (χ1) is 30.1. The maximum absolute atomic E-state index is 14.9. The third kappa shape index (κ3) is 13.9. The van der Waals surface area contributed by atoms with Gasteiger partial charge < -0.3 is 20.3 Å². The minimum absolute atomic E-state index is 0.0284. The van der Waals surface area contributed by atoms with E-state index in [2.05, 4.69) is 31.4 Å². The molecule has 12 heteroatoms. The molecule has 0 bridgehead atoms. The lowest BCUT2D eigenvalue weighted by Crippen LogP contribution is -2.57. The lowest BCUT2D eigenvalue weighted by Gasteiger charge is -2.47. The monoisotopic (exact) mass is 861 g/mol. The molecule has 0 aromatic rings. The number of urea groups is 2. The highest BCUT2D eigenvalue weighted by Crippen LogP contribution is 2.46. The van der Waals surface area contributed by atoms with Gasteiger partial charge >= 0.3 is 24.1 Å². The van der Waals surface area contributed by atoms with E-state index in [1.807, 2.05) is 9.80 Å². The normalized spacial score (nSPS) is 27.8. The van der Waals surface area contributed by atoms with Gasteiger partial charge in [0.05, 0.1) is 23.5 Å². The van der Waals surface area contributed by atoms with Crippen LogP contribution in [0.15, 0.2) is 20.3 Å². The Morgan fingerprint density at radius 1 is 0.548 bits per heavy atom. The van der Waals surface area contributed by atoms with Crippen LogP contribution in [0.3, 0.4) is 0 Å². The van der Waals surface area contributed by atoms with E-state index in [1.54, 1.807) is 0 Å². The highest BCUT2D eigenvalue weighted by atomic mass is 16.7. The number of carbonyl (C=O) groups is 2. The second kappa shape index (κ2) is 23.1. The molecule has 2 atom stereocenters. The molecular weight excluding hydrogens is 777 g/mol. The van der Waals surface area contributed by atoms with Crippen LogP contribution in [0.2, 0.25) is 0 Å². The van der Waals surface area contributed by atoms with Crippen LogP contribution in [0, 0.1) is 10.8 Å². The van der Waals surface area contributed by atoms with Crippen molar-refractivity contribution in [3.8, 4) is 0 Å². The molecule has 2 unspecified atom stereocenters. The predicted octanol–water partition coefficient (Wildman–Crippen LogP) is 12.3. The Morgan fingerprint density at radius 3 is 1.40 bits per heavy atom. The molecule has 0 radical (unpaired) electrons.